The molecule has 10 heteroatoms. The SMILES string of the molecule is Cc1cc(Cl)cc(-c2ccnc3sccc23)c1O[C@H]1CCCNC1.O=C(O)C(F)(F)F. The van der Waals surface area contributed by atoms with Gasteiger partial charge in [-0.05, 0) is 67.1 Å². The van der Waals surface area contributed by atoms with Crippen molar-refractivity contribution < 1.29 is 27.8 Å². The zero-order valence-corrected chi connectivity index (χ0v) is 18.1. The highest BCUT2D eigenvalue weighted by molar-refractivity contribution is 7.16. The molecule has 1 fully saturated rings. The highest BCUT2D eigenvalue weighted by atomic mass is 35.5. The van der Waals surface area contributed by atoms with Crippen LogP contribution in [0, 0.1) is 6.92 Å². The fourth-order valence-corrected chi connectivity index (χ4v) is 4.32. The quantitative estimate of drug-likeness (QED) is 0.512. The van der Waals surface area contributed by atoms with Gasteiger partial charge in [-0.1, -0.05) is 11.6 Å². The number of hydrogen-bond acceptors (Lipinski definition) is 5. The highest BCUT2D eigenvalue weighted by Gasteiger charge is 2.38. The number of pyridine rings is 1. The van der Waals surface area contributed by atoms with Crippen LogP contribution in [0.4, 0.5) is 13.2 Å². The fourth-order valence-electron chi connectivity index (χ4n) is 3.28. The number of halogens is 4. The molecule has 5 nitrogen and oxygen atoms in total. The molecule has 2 aromatic heterocycles. The number of hydrogen-bond donors (Lipinski definition) is 2. The number of carboxylic acid groups (broad SMARTS) is 1. The van der Waals surface area contributed by atoms with Crippen LogP contribution in [0.15, 0.2) is 35.8 Å². The van der Waals surface area contributed by atoms with Crippen LogP contribution in [0.3, 0.4) is 0 Å². The third kappa shape index (κ3) is 5.87. The number of nitrogens with one attached hydrogen (secondary N) is 1. The Bertz CT molecular complexity index is 1070. The molecule has 4 rings (SSSR count). The van der Waals surface area contributed by atoms with Crippen molar-refractivity contribution in [2.24, 2.45) is 0 Å². The average molecular weight is 473 g/mol. The number of thiophene rings is 1. The molecule has 3 heterocycles. The van der Waals surface area contributed by atoms with E-state index in [9.17, 15) is 13.2 Å². The molecule has 1 saturated heterocycles. The second-order valence-electron chi connectivity index (χ2n) is 6.99. The van der Waals surface area contributed by atoms with Gasteiger partial charge in [-0.3, -0.25) is 0 Å². The third-order valence-corrected chi connectivity index (χ3v) is 5.72. The Labute approximate surface area is 185 Å². The summed E-state index contributed by atoms with van der Waals surface area (Å²) < 4.78 is 38.2. The molecule has 1 aliphatic rings. The lowest BCUT2D eigenvalue weighted by atomic mass is 10.00. The predicted molar refractivity (Wildman–Crippen MR) is 115 cm³/mol. The van der Waals surface area contributed by atoms with E-state index in [1.54, 1.807) is 11.3 Å². The molecular weight excluding hydrogens is 453 g/mol. The maximum Gasteiger partial charge on any atom is 0.490 e. The number of aromatic nitrogens is 1. The molecule has 1 atom stereocenters. The first-order valence-electron chi connectivity index (χ1n) is 9.47. The van der Waals surface area contributed by atoms with Crippen LogP contribution in [0.25, 0.3) is 21.3 Å². The first-order chi connectivity index (χ1) is 14.7. The fraction of sp³-hybridized carbons (Fsp3) is 0.333. The number of nitrogens with zero attached hydrogens (tertiary/aromatic N) is 1. The van der Waals surface area contributed by atoms with Crippen molar-refractivity contribution in [2.45, 2.75) is 32.0 Å². The van der Waals surface area contributed by atoms with Crippen molar-refractivity contribution in [3.8, 4) is 16.9 Å². The van der Waals surface area contributed by atoms with Gasteiger partial charge in [-0.2, -0.15) is 13.2 Å². The summed E-state index contributed by atoms with van der Waals surface area (Å²) >= 11 is 8.01. The van der Waals surface area contributed by atoms with Crippen molar-refractivity contribution in [1.82, 2.24) is 10.3 Å². The summed E-state index contributed by atoms with van der Waals surface area (Å²) in [6.07, 6.45) is -0.789. The molecule has 0 saturated carbocycles. The topological polar surface area (TPSA) is 71.5 Å². The number of fused-ring (bicyclic) bond motifs is 1. The van der Waals surface area contributed by atoms with Gasteiger partial charge in [-0.25, -0.2) is 9.78 Å². The van der Waals surface area contributed by atoms with Gasteiger partial charge in [0, 0.05) is 28.7 Å². The van der Waals surface area contributed by atoms with E-state index in [4.69, 9.17) is 26.2 Å². The Balaban J connectivity index is 0.000000339. The van der Waals surface area contributed by atoms with Crippen LogP contribution in [-0.4, -0.2) is 41.4 Å². The lowest BCUT2D eigenvalue weighted by Crippen LogP contribution is -2.37. The van der Waals surface area contributed by atoms with Crippen LogP contribution in [0.2, 0.25) is 5.02 Å². The largest absolute Gasteiger partial charge is 0.490 e. The van der Waals surface area contributed by atoms with E-state index in [0.29, 0.717) is 0 Å². The lowest BCUT2D eigenvalue weighted by molar-refractivity contribution is -0.192. The number of alkyl halides is 3. The first-order valence-corrected chi connectivity index (χ1v) is 10.7. The van der Waals surface area contributed by atoms with Crippen molar-refractivity contribution in [3.63, 3.8) is 0 Å². The van der Waals surface area contributed by atoms with Gasteiger partial charge in [0.2, 0.25) is 0 Å². The van der Waals surface area contributed by atoms with Crippen molar-refractivity contribution in [3.05, 3.63) is 46.4 Å². The van der Waals surface area contributed by atoms with E-state index in [1.807, 2.05) is 24.4 Å². The average Bonchev–Trinajstić information content (AvgIpc) is 3.19. The molecule has 0 amide bonds. The summed E-state index contributed by atoms with van der Waals surface area (Å²) in [5.41, 5.74) is 3.25. The molecule has 166 valence electrons. The van der Waals surface area contributed by atoms with Crippen LogP contribution in [0.1, 0.15) is 18.4 Å². The lowest BCUT2D eigenvalue weighted by Gasteiger charge is -2.26. The van der Waals surface area contributed by atoms with Gasteiger partial charge in [-0.15, -0.1) is 11.3 Å². The van der Waals surface area contributed by atoms with Crippen molar-refractivity contribution in [2.75, 3.05) is 13.1 Å². The minimum absolute atomic E-state index is 0.206. The molecule has 0 aliphatic carbocycles. The summed E-state index contributed by atoms with van der Waals surface area (Å²) in [7, 11) is 0. The number of rotatable bonds is 3. The zero-order valence-electron chi connectivity index (χ0n) is 16.5. The van der Waals surface area contributed by atoms with E-state index >= 15 is 0 Å². The van der Waals surface area contributed by atoms with Crippen LogP contribution in [0.5, 0.6) is 5.75 Å². The van der Waals surface area contributed by atoms with E-state index < -0.39 is 12.1 Å². The predicted octanol–water partition coefficient (Wildman–Crippen LogP) is 5.69. The Kier molecular flexibility index (Phi) is 7.40. The smallest absolute Gasteiger partial charge is 0.488 e. The molecule has 31 heavy (non-hydrogen) atoms. The van der Waals surface area contributed by atoms with Gasteiger partial charge in [0.15, 0.2) is 0 Å². The van der Waals surface area contributed by atoms with Gasteiger partial charge < -0.3 is 15.2 Å². The number of piperidine rings is 1. The number of ether oxygens (including phenoxy) is 1. The molecule has 1 aromatic carbocycles. The van der Waals surface area contributed by atoms with Crippen molar-refractivity contribution >= 4 is 39.1 Å². The van der Waals surface area contributed by atoms with E-state index in [0.717, 1.165) is 63.6 Å². The Morgan fingerprint density at radius 1 is 1.32 bits per heavy atom. The zero-order chi connectivity index (χ0) is 22.6. The second kappa shape index (κ2) is 9.84. The number of aliphatic carboxylic acids is 1. The maximum atomic E-state index is 10.6. The van der Waals surface area contributed by atoms with Crippen molar-refractivity contribution in [1.29, 1.82) is 0 Å². The van der Waals surface area contributed by atoms with E-state index in [2.05, 4.69) is 28.7 Å². The molecule has 3 aromatic rings. The monoisotopic (exact) mass is 472 g/mol. The summed E-state index contributed by atoms with van der Waals surface area (Å²) in [6.45, 7) is 4.03. The normalized spacial score (nSPS) is 16.5. The molecule has 0 spiro atoms. The third-order valence-electron chi connectivity index (χ3n) is 4.68. The van der Waals surface area contributed by atoms with E-state index in [-0.39, 0.29) is 6.10 Å². The number of carbonyl (C=O) groups is 1. The molecule has 0 unspecified atom stereocenters. The summed E-state index contributed by atoms with van der Waals surface area (Å²) in [6, 6.07) is 8.14. The molecular formula is C21H20ClF3N2O3S. The Hall–Kier alpha value is -2.36. The first kappa shape index (κ1) is 23.3. The van der Waals surface area contributed by atoms with Gasteiger partial charge in [0.05, 0.1) is 0 Å². The maximum absolute atomic E-state index is 10.6. The summed E-state index contributed by atoms with van der Waals surface area (Å²) in [5, 5.41) is 14.5. The molecule has 1 aliphatic heterocycles. The minimum atomic E-state index is -5.08. The molecule has 2 N–H and O–H groups in total. The number of carboxylic acids is 1. The Morgan fingerprint density at radius 3 is 2.71 bits per heavy atom. The summed E-state index contributed by atoms with van der Waals surface area (Å²) in [5.74, 6) is -1.82. The number of benzene rings is 1. The van der Waals surface area contributed by atoms with E-state index in [1.165, 1.54) is 0 Å². The van der Waals surface area contributed by atoms with Gasteiger partial charge >= 0.3 is 12.1 Å². The highest BCUT2D eigenvalue weighted by Crippen LogP contribution is 2.40. The van der Waals surface area contributed by atoms with Crippen LogP contribution >= 0.6 is 22.9 Å². The Morgan fingerprint density at radius 2 is 2.06 bits per heavy atom. The number of aryl methyl sites for hydroxylation is 1. The van der Waals surface area contributed by atoms with Crippen LogP contribution in [-0.2, 0) is 4.79 Å². The van der Waals surface area contributed by atoms with Crippen LogP contribution < -0.4 is 10.1 Å². The molecule has 0 radical (unpaired) electrons. The molecule has 0 bridgehead atoms. The van der Waals surface area contributed by atoms with Gasteiger partial charge in [0.25, 0.3) is 0 Å². The minimum Gasteiger partial charge on any atom is -0.488 e. The standard InChI is InChI=1S/C19H19ClN2OS.C2HF3O2/c1-12-9-13(20)10-17(18(12)23-14-3-2-6-21-11-14)15-4-7-22-19-16(15)5-8-24-19;3-2(4,5)1(6)7/h4-5,7-10,14,21H,2-3,6,11H2,1H3;(H,6,7)/t14-;/m0./s1. The van der Waals surface area contributed by atoms with Gasteiger partial charge in [0.1, 0.15) is 16.7 Å². The summed E-state index contributed by atoms with van der Waals surface area (Å²) in [4.78, 5) is 14.4. The second-order valence-corrected chi connectivity index (χ2v) is 8.32.